The zero-order valence-electron chi connectivity index (χ0n) is 12.1. The molecule has 19 heavy (non-hydrogen) atoms. The number of nitrogens with one attached hydrogen (secondary N) is 1. The fourth-order valence-corrected chi connectivity index (χ4v) is 2.75. The Morgan fingerprint density at radius 1 is 1.21 bits per heavy atom. The maximum absolute atomic E-state index is 4.82. The van der Waals surface area contributed by atoms with Crippen LogP contribution in [0.4, 0.5) is 5.82 Å². The minimum absolute atomic E-state index is 0.751. The number of hydrogen-bond acceptors (Lipinski definition) is 3. The average molecular weight is 259 g/mol. The minimum atomic E-state index is 0.751. The van der Waals surface area contributed by atoms with Crippen molar-refractivity contribution in [3.63, 3.8) is 0 Å². The van der Waals surface area contributed by atoms with Crippen molar-refractivity contribution < 1.29 is 0 Å². The number of piperidine rings is 1. The molecule has 1 saturated carbocycles. The third-order valence-corrected chi connectivity index (χ3v) is 4.60. The van der Waals surface area contributed by atoms with E-state index in [1.807, 2.05) is 0 Å². The predicted octanol–water partition coefficient (Wildman–Crippen LogP) is 2.82. The van der Waals surface area contributed by atoms with Crippen LogP contribution in [0.5, 0.6) is 0 Å². The van der Waals surface area contributed by atoms with E-state index in [4.69, 9.17) is 4.98 Å². The van der Waals surface area contributed by atoms with Crippen LogP contribution in [-0.2, 0) is 6.54 Å². The van der Waals surface area contributed by atoms with Gasteiger partial charge in [0.25, 0.3) is 0 Å². The van der Waals surface area contributed by atoms with Crippen molar-refractivity contribution in [3.05, 3.63) is 23.9 Å². The predicted molar refractivity (Wildman–Crippen MR) is 79.3 cm³/mol. The van der Waals surface area contributed by atoms with E-state index in [0.29, 0.717) is 0 Å². The molecule has 1 aromatic heterocycles. The molecule has 3 rings (SSSR count). The summed E-state index contributed by atoms with van der Waals surface area (Å²) < 4.78 is 0. The largest absolute Gasteiger partial charge is 0.356 e. The molecule has 1 aromatic rings. The lowest BCUT2D eigenvalue weighted by atomic mass is 9.89. The van der Waals surface area contributed by atoms with E-state index in [2.05, 4.69) is 42.3 Å². The van der Waals surface area contributed by atoms with Crippen molar-refractivity contribution >= 4 is 5.82 Å². The van der Waals surface area contributed by atoms with Crippen LogP contribution in [0, 0.1) is 11.8 Å². The van der Waals surface area contributed by atoms with Crippen molar-refractivity contribution in [3.8, 4) is 0 Å². The Morgan fingerprint density at radius 2 is 2.05 bits per heavy atom. The second-order valence-corrected chi connectivity index (χ2v) is 6.33. The van der Waals surface area contributed by atoms with Gasteiger partial charge in [-0.2, -0.15) is 0 Å². The van der Waals surface area contributed by atoms with Crippen LogP contribution in [0.2, 0.25) is 0 Å². The van der Waals surface area contributed by atoms with Crippen LogP contribution in [0.1, 0.15) is 38.8 Å². The number of anilines is 1. The van der Waals surface area contributed by atoms with Crippen molar-refractivity contribution in [1.29, 1.82) is 0 Å². The van der Waals surface area contributed by atoms with E-state index >= 15 is 0 Å². The second kappa shape index (κ2) is 5.49. The number of nitrogens with zero attached hydrogens (tertiary/aromatic N) is 2. The Balaban J connectivity index is 1.64. The summed E-state index contributed by atoms with van der Waals surface area (Å²) in [6.45, 7) is 7.94. The third kappa shape index (κ3) is 3.27. The first kappa shape index (κ1) is 12.9. The number of hydrogen-bond donors (Lipinski definition) is 1. The van der Waals surface area contributed by atoms with Crippen LogP contribution in [0.3, 0.4) is 0 Å². The van der Waals surface area contributed by atoms with Gasteiger partial charge in [0.2, 0.25) is 0 Å². The van der Waals surface area contributed by atoms with Crippen molar-refractivity contribution in [2.75, 3.05) is 18.0 Å². The van der Waals surface area contributed by atoms with Crippen molar-refractivity contribution in [2.24, 2.45) is 11.8 Å². The average Bonchev–Trinajstić information content (AvgIpc) is 3.24. The van der Waals surface area contributed by atoms with Gasteiger partial charge >= 0.3 is 0 Å². The molecule has 0 aromatic carbocycles. The lowest BCUT2D eigenvalue weighted by Crippen LogP contribution is -2.39. The Kier molecular flexibility index (Phi) is 3.74. The highest BCUT2D eigenvalue weighted by atomic mass is 15.2. The minimum Gasteiger partial charge on any atom is -0.356 e. The highest BCUT2D eigenvalue weighted by Gasteiger charge is 2.24. The highest BCUT2D eigenvalue weighted by Crippen LogP contribution is 2.26. The molecule has 0 bridgehead atoms. The van der Waals surface area contributed by atoms with E-state index in [0.717, 1.165) is 43.3 Å². The third-order valence-electron chi connectivity index (χ3n) is 4.60. The Hall–Kier alpha value is -1.09. The van der Waals surface area contributed by atoms with Crippen LogP contribution in [-0.4, -0.2) is 24.1 Å². The first-order valence-electron chi connectivity index (χ1n) is 7.66. The maximum atomic E-state index is 4.82. The highest BCUT2D eigenvalue weighted by molar-refractivity contribution is 5.40. The van der Waals surface area contributed by atoms with Crippen molar-refractivity contribution in [2.45, 2.75) is 45.7 Å². The molecule has 2 aliphatic rings. The maximum Gasteiger partial charge on any atom is 0.128 e. The zero-order chi connectivity index (χ0) is 13.2. The van der Waals surface area contributed by atoms with Crippen molar-refractivity contribution in [1.82, 2.24) is 10.3 Å². The zero-order valence-corrected chi connectivity index (χ0v) is 12.1. The molecule has 1 aliphatic heterocycles. The van der Waals surface area contributed by atoms with Gasteiger partial charge in [-0.25, -0.2) is 4.98 Å². The summed E-state index contributed by atoms with van der Waals surface area (Å²) in [5.41, 5.74) is 1.18. The summed E-state index contributed by atoms with van der Waals surface area (Å²) in [5, 5.41) is 3.54. The quantitative estimate of drug-likeness (QED) is 0.901. The van der Waals surface area contributed by atoms with Gasteiger partial charge in [0.05, 0.1) is 5.69 Å². The molecule has 0 spiro atoms. The molecule has 2 fully saturated rings. The van der Waals surface area contributed by atoms with Crippen LogP contribution in [0.25, 0.3) is 0 Å². The SMILES string of the molecule is CC1CCN(c2cccc(CNC3CC3)n2)CC1C. The van der Waals surface area contributed by atoms with Crippen LogP contribution >= 0.6 is 0 Å². The number of rotatable bonds is 4. The van der Waals surface area contributed by atoms with Crippen LogP contribution < -0.4 is 10.2 Å². The van der Waals surface area contributed by atoms with Gasteiger partial charge in [0.15, 0.2) is 0 Å². The first-order chi connectivity index (χ1) is 9.22. The molecule has 0 radical (unpaired) electrons. The van der Waals surface area contributed by atoms with Gasteiger partial charge in [-0.05, 0) is 43.2 Å². The Labute approximate surface area is 116 Å². The molecule has 0 amide bonds. The van der Waals surface area contributed by atoms with E-state index < -0.39 is 0 Å². The van der Waals surface area contributed by atoms with Crippen LogP contribution in [0.15, 0.2) is 18.2 Å². The summed E-state index contributed by atoms with van der Waals surface area (Å²) in [5.74, 6) is 2.77. The summed E-state index contributed by atoms with van der Waals surface area (Å²) in [4.78, 5) is 7.27. The summed E-state index contributed by atoms with van der Waals surface area (Å²) in [7, 11) is 0. The lowest BCUT2D eigenvalue weighted by molar-refractivity contribution is 0.322. The molecule has 3 heteroatoms. The monoisotopic (exact) mass is 259 g/mol. The molecular formula is C16H25N3. The lowest BCUT2D eigenvalue weighted by Gasteiger charge is -2.36. The van der Waals surface area contributed by atoms with E-state index in [-0.39, 0.29) is 0 Å². The summed E-state index contributed by atoms with van der Waals surface area (Å²) in [6, 6.07) is 7.19. The normalized spacial score (nSPS) is 27.6. The smallest absolute Gasteiger partial charge is 0.128 e. The standard InChI is InChI=1S/C16H25N3/c1-12-8-9-19(11-13(12)2)16-5-3-4-15(18-16)10-17-14-6-7-14/h3-5,12-14,17H,6-11H2,1-2H3. The summed E-state index contributed by atoms with van der Waals surface area (Å²) >= 11 is 0. The topological polar surface area (TPSA) is 28.2 Å². The van der Waals surface area contributed by atoms with Gasteiger partial charge in [-0.15, -0.1) is 0 Å². The second-order valence-electron chi connectivity index (χ2n) is 6.33. The molecule has 1 saturated heterocycles. The Morgan fingerprint density at radius 3 is 2.79 bits per heavy atom. The first-order valence-corrected chi connectivity index (χ1v) is 7.66. The summed E-state index contributed by atoms with van der Waals surface area (Å²) in [6.07, 6.45) is 3.95. The van der Waals surface area contributed by atoms with Gasteiger partial charge < -0.3 is 10.2 Å². The molecular weight excluding hydrogens is 234 g/mol. The molecule has 2 unspecified atom stereocenters. The number of pyridine rings is 1. The fraction of sp³-hybridized carbons (Fsp3) is 0.688. The van der Waals surface area contributed by atoms with Gasteiger partial charge in [0, 0.05) is 25.7 Å². The molecule has 1 aliphatic carbocycles. The Bertz CT molecular complexity index is 428. The molecule has 1 N–H and O–H groups in total. The van der Waals surface area contributed by atoms with E-state index in [9.17, 15) is 0 Å². The van der Waals surface area contributed by atoms with E-state index in [1.165, 1.54) is 25.0 Å². The number of aromatic nitrogens is 1. The fourth-order valence-electron chi connectivity index (χ4n) is 2.75. The molecule has 2 atom stereocenters. The molecule has 104 valence electrons. The van der Waals surface area contributed by atoms with Gasteiger partial charge in [-0.3, -0.25) is 0 Å². The van der Waals surface area contributed by atoms with Gasteiger partial charge in [0.1, 0.15) is 5.82 Å². The molecule has 2 heterocycles. The molecule has 3 nitrogen and oxygen atoms in total. The van der Waals surface area contributed by atoms with E-state index in [1.54, 1.807) is 0 Å². The van der Waals surface area contributed by atoms with Gasteiger partial charge in [-0.1, -0.05) is 19.9 Å².